The molecule has 0 aliphatic rings. The van der Waals surface area contributed by atoms with E-state index in [1.807, 2.05) is 0 Å². The first-order valence-corrected chi connectivity index (χ1v) is 7.93. The van der Waals surface area contributed by atoms with E-state index in [0.29, 0.717) is 18.0 Å². The van der Waals surface area contributed by atoms with Crippen molar-refractivity contribution in [2.45, 2.75) is 32.9 Å². The van der Waals surface area contributed by atoms with Crippen molar-refractivity contribution in [2.24, 2.45) is 5.92 Å². The number of hydrogen-bond donors (Lipinski definition) is 1. The summed E-state index contributed by atoms with van der Waals surface area (Å²) in [6.07, 6.45) is 0. The van der Waals surface area contributed by atoms with Crippen LogP contribution in [0.2, 0.25) is 0 Å². The standard InChI is InChI=1S/C18H22BrN/c1-13(2)18(16-7-5-4-6-8-16)20-14(3)15-9-11-17(19)12-10-15/h4-14,18,20H,1-3H3/t14-,18?/m1/s1. The van der Waals surface area contributed by atoms with E-state index >= 15 is 0 Å². The third-order valence-corrected chi connectivity index (χ3v) is 4.15. The molecule has 0 heterocycles. The van der Waals surface area contributed by atoms with Gasteiger partial charge in [-0.05, 0) is 36.1 Å². The minimum absolute atomic E-state index is 0.329. The number of benzene rings is 2. The predicted molar refractivity (Wildman–Crippen MR) is 89.7 cm³/mol. The van der Waals surface area contributed by atoms with E-state index in [9.17, 15) is 0 Å². The van der Waals surface area contributed by atoms with Crippen molar-refractivity contribution in [3.63, 3.8) is 0 Å². The molecule has 0 bridgehead atoms. The highest BCUT2D eigenvalue weighted by atomic mass is 79.9. The zero-order chi connectivity index (χ0) is 14.5. The average molecular weight is 332 g/mol. The summed E-state index contributed by atoms with van der Waals surface area (Å²) in [5, 5.41) is 3.75. The number of halogens is 1. The van der Waals surface area contributed by atoms with Crippen molar-refractivity contribution in [3.05, 3.63) is 70.2 Å². The summed E-state index contributed by atoms with van der Waals surface area (Å²) in [7, 11) is 0. The van der Waals surface area contributed by atoms with Crippen LogP contribution in [0.15, 0.2) is 59.1 Å². The van der Waals surface area contributed by atoms with Crippen LogP contribution in [-0.4, -0.2) is 0 Å². The highest BCUT2D eigenvalue weighted by Crippen LogP contribution is 2.26. The fourth-order valence-electron chi connectivity index (χ4n) is 2.45. The molecule has 2 atom stereocenters. The maximum absolute atomic E-state index is 3.75. The second-order valence-corrected chi connectivity index (χ2v) is 6.49. The third kappa shape index (κ3) is 3.94. The summed E-state index contributed by atoms with van der Waals surface area (Å²) in [6, 6.07) is 19.9. The van der Waals surface area contributed by atoms with Crippen molar-refractivity contribution in [3.8, 4) is 0 Å². The Hall–Kier alpha value is -1.12. The lowest BCUT2D eigenvalue weighted by Crippen LogP contribution is -2.28. The van der Waals surface area contributed by atoms with Crippen molar-refractivity contribution in [1.82, 2.24) is 5.32 Å². The molecule has 0 aliphatic heterocycles. The molecule has 0 radical (unpaired) electrons. The highest BCUT2D eigenvalue weighted by molar-refractivity contribution is 9.10. The van der Waals surface area contributed by atoms with Crippen LogP contribution in [-0.2, 0) is 0 Å². The molecule has 0 amide bonds. The quantitative estimate of drug-likeness (QED) is 0.763. The largest absolute Gasteiger partial charge is 0.303 e. The van der Waals surface area contributed by atoms with E-state index in [4.69, 9.17) is 0 Å². The predicted octanol–water partition coefficient (Wildman–Crippen LogP) is 5.50. The molecular weight excluding hydrogens is 310 g/mol. The molecule has 0 aliphatic carbocycles. The van der Waals surface area contributed by atoms with Crippen LogP contribution in [0.4, 0.5) is 0 Å². The first-order chi connectivity index (χ1) is 9.58. The van der Waals surface area contributed by atoms with Gasteiger partial charge >= 0.3 is 0 Å². The SMILES string of the molecule is CC(C)C(N[C@H](C)c1ccc(Br)cc1)c1ccccc1. The number of hydrogen-bond acceptors (Lipinski definition) is 1. The van der Waals surface area contributed by atoms with Crippen molar-refractivity contribution < 1.29 is 0 Å². The zero-order valence-electron chi connectivity index (χ0n) is 12.3. The molecule has 0 spiro atoms. The topological polar surface area (TPSA) is 12.0 Å². The molecule has 0 saturated heterocycles. The summed E-state index contributed by atoms with van der Waals surface area (Å²) < 4.78 is 1.12. The average Bonchev–Trinajstić information content (AvgIpc) is 2.46. The lowest BCUT2D eigenvalue weighted by atomic mass is 9.94. The first kappa shape index (κ1) is 15.3. The van der Waals surface area contributed by atoms with E-state index in [0.717, 1.165) is 4.47 Å². The molecule has 106 valence electrons. The summed E-state index contributed by atoms with van der Waals surface area (Å²) in [5.74, 6) is 0.551. The van der Waals surface area contributed by atoms with E-state index in [1.165, 1.54) is 11.1 Å². The Morgan fingerprint density at radius 2 is 1.40 bits per heavy atom. The molecule has 0 aromatic heterocycles. The highest BCUT2D eigenvalue weighted by Gasteiger charge is 2.18. The Morgan fingerprint density at radius 1 is 0.800 bits per heavy atom. The first-order valence-electron chi connectivity index (χ1n) is 7.14. The van der Waals surface area contributed by atoms with Gasteiger partial charge in [0.1, 0.15) is 0 Å². The van der Waals surface area contributed by atoms with Crippen LogP contribution in [0, 0.1) is 5.92 Å². The van der Waals surface area contributed by atoms with E-state index in [2.05, 4.69) is 96.6 Å². The Labute approximate surface area is 130 Å². The summed E-state index contributed by atoms with van der Waals surface area (Å²) in [5.41, 5.74) is 2.67. The fraction of sp³-hybridized carbons (Fsp3) is 0.333. The second-order valence-electron chi connectivity index (χ2n) is 5.57. The van der Waals surface area contributed by atoms with Crippen molar-refractivity contribution >= 4 is 15.9 Å². The Bertz CT molecular complexity index is 519. The molecule has 2 rings (SSSR count). The minimum atomic E-state index is 0.329. The van der Waals surface area contributed by atoms with Gasteiger partial charge in [0.05, 0.1) is 0 Å². The van der Waals surface area contributed by atoms with Crippen LogP contribution in [0.1, 0.15) is 44.0 Å². The van der Waals surface area contributed by atoms with Gasteiger partial charge in [-0.25, -0.2) is 0 Å². The van der Waals surface area contributed by atoms with Gasteiger partial charge in [0, 0.05) is 16.6 Å². The van der Waals surface area contributed by atoms with E-state index < -0.39 is 0 Å². The van der Waals surface area contributed by atoms with Gasteiger partial charge in [0.25, 0.3) is 0 Å². The van der Waals surface area contributed by atoms with Crippen LogP contribution in [0.3, 0.4) is 0 Å². The monoisotopic (exact) mass is 331 g/mol. The lowest BCUT2D eigenvalue weighted by Gasteiger charge is -2.27. The Balaban J connectivity index is 2.14. The van der Waals surface area contributed by atoms with Crippen LogP contribution >= 0.6 is 15.9 Å². The van der Waals surface area contributed by atoms with E-state index in [1.54, 1.807) is 0 Å². The molecular formula is C18H22BrN. The van der Waals surface area contributed by atoms with Crippen LogP contribution in [0.5, 0.6) is 0 Å². The van der Waals surface area contributed by atoms with Gasteiger partial charge < -0.3 is 5.32 Å². The minimum Gasteiger partial charge on any atom is -0.303 e. The molecule has 2 aromatic rings. The maximum atomic E-state index is 3.75. The Kier molecular flexibility index (Phi) is 5.38. The molecule has 0 saturated carbocycles. The van der Waals surface area contributed by atoms with Crippen molar-refractivity contribution in [1.29, 1.82) is 0 Å². The maximum Gasteiger partial charge on any atom is 0.0348 e. The second kappa shape index (κ2) is 7.05. The Morgan fingerprint density at radius 3 is 1.95 bits per heavy atom. The van der Waals surface area contributed by atoms with Crippen LogP contribution in [0.25, 0.3) is 0 Å². The normalized spacial score (nSPS) is 14.2. The number of rotatable bonds is 5. The lowest BCUT2D eigenvalue weighted by molar-refractivity contribution is 0.374. The molecule has 2 heteroatoms. The van der Waals surface area contributed by atoms with Gasteiger partial charge in [-0.3, -0.25) is 0 Å². The fourth-order valence-corrected chi connectivity index (χ4v) is 2.72. The van der Waals surface area contributed by atoms with Crippen LogP contribution < -0.4 is 5.32 Å². The zero-order valence-corrected chi connectivity index (χ0v) is 13.9. The molecule has 0 fully saturated rings. The van der Waals surface area contributed by atoms with Crippen molar-refractivity contribution in [2.75, 3.05) is 0 Å². The molecule has 1 N–H and O–H groups in total. The summed E-state index contributed by atoms with van der Waals surface area (Å²) in [6.45, 7) is 6.75. The van der Waals surface area contributed by atoms with Gasteiger partial charge in [0.2, 0.25) is 0 Å². The smallest absolute Gasteiger partial charge is 0.0348 e. The molecule has 20 heavy (non-hydrogen) atoms. The van der Waals surface area contributed by atoms with Gasteiger partial charge in [-0.15, -0.1) is 0 Å². The molecule has 1 unspecified atom stereocenters. The van der Waals surface area contributed by atoms with Gasteiger partial charge in [-0.1, -0.05) is 72.2 Å². The van der Waals surface area contributed by atoms with E-state index in [-0.39, 0.29) is 0 Å². The van der Waals surface area contributed by atoms with Gasteiger partial charge in [0.15, 0.2) is 0 Å². The molecule has 2 aromatic carbocycles. The summed E-state index contributed by atoms with van der Waals surface area (Å²) in [4.78, 5) is 0. The molecule has 1 nitrogen and oxygen atoms in total. The summed E-state index contributed by atoms with van der Waals surface area (Å²) >= 11 is 3.48. The van der Waals surface area contributed by atoms with Gasteiger partial charge in [-0.2, -0.15) is 0 Å². The number of nitrogens with one attached hydrogen (secondary N) is 1. The third-order valence-electron chi connectivity index (χ3n) is 3.62.